The summed E-state index contributed by atoms with van der Waals surface area (Å²) in [6, 6.07) is 12.8. The Hall–Kier alpha value is -2.06. The largest absolute Gasteiger partial charge is 0.508 e. The molecule has 0 atom stereocenters. The minimum absolute atomic E-state index is 0.0904. The summed E-state index contributed by atoms with van der Waals surface area (Å²) in [4.78, 5) is 12.2. The summed E-state index contributed by atoms with van der Waals surface area (Å²) in [5.74, 6) is 0.492. The molecule has 21 heavy (non-hydrogen) atoms. The van der Waals surface area contributed by atoms with Crippen LogP contribution in [-0.4, -0.2) is 16.8 Å². The molecule has 0 saturated heterocycles. The van der Waals surface area contributed by atoms with Crippen molar-refractivity contribution in [3.05, 3.63) is 70.8 Å². The molecule has 1 N–H and O–H groups in total. The third-order valence-electron chi connectivity index (χ3n) is 3.20. The number of ketones is 1. The van der Waals surface area contributed by atoms with Gasteiger partial charge in [-0.05, 0) is 48.7 Å². The molecule has 0 aliphatic heterocycles. The van der Waals surface area contributed by atoms with E-state index in [2.05, 4.69) is 0 Å². The predicted octanol–water partition coefficient (Wildman–Crippen LogP) is 4.38. The number of phenolic OH excluding ortho intramolecular Hbond substituents is 1. The maximum Gasteiger partial charge on any atom is 0.185 e. The van der Waals surface area contributed by atoms with Crippen molar-refractivity contribution < 1.29 is 9.90 Å². The summed E-state index contributed by atoms with van der Waals surface area (Å²) in [7, 11) is 0. The number of carbonyl (C=O) groups is 1. The van der Waals surface area contributed by atoms with Crippen molar-refractivity contribution in [3.8, 4) is 5.75 Å². The second-order valence-corrected chi connectivity index (χ2v) is 5.27. The number of aryl methyl sites for hydroxylation is 2. The summed E-state index contributed by atoms with van der Waals surface area (Å²) in [6.07, 6.45) is 3.88. The van der Waals surface area contributed by atoms with Crippen LogP contribution < -0.4 is 0 Å². The number of hydrogen-bond donors (Lipinski definition) is 1. The Bertz CT molecular complexity index is 675. The molecule has 108 valence electrons. The molecule has 0 fully saturated rings. The van der Waals surface area contributed by atoms with E-state index in [1.54, 1.807) is 24.3 Å². The van der Waals surface area contributed by atoms with Gasteiger partial charge in [0.05, 0.1) is 0 Å². The zero-order valence-electron chi connectivity index (χ0n) is 11.8. The Morgan fingerprint density at radius 1 is 1.24 bits per heavy atom. The highest BCUT2D eigenvalue weighted by molar-refractivity contribution is 6.18. The third-order valence-corrected chi connectivity index (χ3v) is 3.39. The maximum absolute atomic E-state index is 12.2. The van der Waals surface area contributed by atoms with E-state index in [4.69, 9.17) is 11.6 Å². The first-order valence-corrected chi connectivity index (χ1v) is 7.30. The molecule has 2 rings (SSSR count). The van der Waals surface area contributed by atoms with Crippen molar-refractivity contribution in [1.82, 2.24) is 0 Å². The van der Waals surface area contributed by atoms with Crippen LogP contribution in [0.2, 0.25) is 0 Å². The fraction of sp³-hybridized carbons (Fsp3) is 0.167. The van der Waals surface area contributed by atoms with Crippen molar-refractivity contribution in [2.75, 3.05) is 5.88 Å². The third kappa shape index (κ3) is 4.20. The fourth-order valence-electron chi connectivity index (χ4n) is 2.08. The zero-order valence-corrected chi connectivity index (χ0v) is 12.6. The molecule has 0 unspecified atom stereocenters. The second kappa shape index (κ2) is 7.09. The standard InChI is InChI=1S/C18H17ClO2/c1-13-3-2-4-14(11-13)5-7-17(20)15-6-8-18(21)16(12-15)9-10-19/h2-8,11-12,21H,9-10H2,1H3/b7-5+. The van der Waals surface area contributed by atoms with Gasteiger partial charge in [-0.25, -0.2) is 0 Å². The lowest BCUT2D eigenvalue weighted by molar-refractivity contribution is 0.104. The Labute approximate surface area is 129 Å². The number of halogens is 1. The first-order valence-electron chi connectivity index (χ1n) is 6.77. The van der Waals surface area contributed by atoms with Gasteiger partial charge in [0.2, 0.25) is 0 Å². The summed E-state index contributed by atoms with van der Waals surface area (Å²) in [5.41, 5.74) is 3.39. The first kappa shape index (κ1) is 15.3. The van der Waals surface area contributed by atoms with Crippen LogP contribution in [0.1, 0.15) is 27.0 Å². The van der Waals surface area contributed by atoms with Crippen LogP contribution in [0.5, 0.6) is 5.75 Å². The van der Waals surface area contributed by atoms with Gasteiger partial charge in [-0.3, -0.25) is 4.79 Å². The van der Waals surface area contributed by atoms with Gasteiger partial charge >= 0.3 is 0 Å². The Balaban J connectivity index is 2.18. The highest BCUT2D eigenvalue weighted by Gasteiger charge is 2.07. The van der Waals surface area contributed by atoms with Crippen LogP contribution in [-0.2, 0) is 6.42 Å². The summed E-state index contributed by atoms with van der Waals surface area (Å²) in [6.45, 7) is 2.01. The van der Waals surface area contributed by atoms with Crippen LogP contribution in [0.3, 0.4) is 0 Å². The number of rotatable bonds is 5. The van der Waals surface area contributed by atoms with E-state index in [0.29, 0.717) is 23.4 Å². The van der Waals surface area contributed by atoms with E-state index in [1.807, 2.05) is 31.2 Å². The number of alkyl halides is 1. The molecular weight excluding hydrogens is 284 g/mol. The quantitative estimate of drug-likeness (QED) is 0.505. The number of benzene rings is 2. The van der Waals surface area contributed by atoms with Gasteiger partial charge in [0.25, 0.3) is 0 Å². The van der Waals surface area contributed by atoms with E-state index in [9.17, 15) is 9.90 Å². The minimum atomic E-state index is -0.0904. The first-order chi connectivity index (χ1) is 10.1. The van der Waals surface area contributed by atoms with Gasteiger partial charge in [-0.15, -0.1) is 11.6 Å². The van der Waals surface area contributed by atoms with Gasteiger partial charge in [0, 0.05) is 11.4 Å². The molecule has 0 aromatic heterocycles. The average molecular weight is 301 g/mol. The van der Waals surface area contributed by atoms with Crippen molar-refractivity contribution in [2.45, 2.75) is 13.3 Å². The lowest BCUT2D eigenvalue weighted by Crippen LogP contribution is -1.97. The molecular formula is C18H17ClO2. The Morgan fingerprint density at radius 3 is 2.76 bits per heavy atom. The monoisotopic (exact) mass is 300 g/mol. The SMILES string of the molecule is Cc1cccc(/C=C/C(=O)c2ccc(O)c(CCCl)c2)c1. The molecule has 2 aromatic carbocycles. The topological polar surface area (TPSA) is 37.3 Å². The number of phenols is 1. The van der Waals surface area contributed by atoms with Gasteiger partial charge in [0.1, 0.15) is 5.75 Å². The van der Waals surface area contributed by atoms with E-state index in [-0.39, 0.29) is 11.5 Å². The van der Waals surface area contributed by atoms with E-state index >= 15 is 0 Å². The molecule has 0 bridgehead atoms. The number of allylic oxidation sites excluding steroid dienone is 1. The highest BCUT2D eigenvalue weighted by atomic mass is 35.5. The predicted molar refractivity (Wildman–Crippen MR) is 87.1 cm³/mol. The zero-order chi connectivity index (χ0) is 15.2. The van der Waals surface area contributed by atoms with Crippen molar-refractivity contribution in [2.24, 2.45) is 0 Å². The molecule has 2 nitrogen and oxygen atoms in total. The van der Waals surface area contributed by atoms with E-state index in [1.165, 1.54) is 6.07 Å². The maximum atomic E-state index is 12.2. The van der Waals surface area contributed by atoms with Crippen LogP contribution in [0.25, 0.3) is 6.08 Å². The molecule has 0 heterocycles. The van der Waals surface area contributed by atoms with Crippen LogP contribution in [0.15, 0.2) is 48.5 Å². The highest BCUT2D eigenvalue weighted by Crippen LogP contribution is 2.20. The lowest BCUT2D eigenvalue weighted by Gasteiger charge is -2.04. The summed E-state index contributed by atoms with van der Waals surface area (Å²) < 4.78 is 0. The molecule has 0 aliphatic carbocycles. The summed E-state index contributed by atoms with van der Waals surface area (Å²) >= 11 is 5.69. The summed E-state index contributed by atoms with van der Waals surface area (Å²) in [5, 5.41) is 9.70. The Kier molecular flexibility index (Phi) is 5.18. The molecule has 2 aromatic rings. The van der Waals surface area contributed by atoms with Gasteiger partial charge in [0.15, 0.2) is 5.78 Å². The number of carbonyl (C=O) groups excluding carboxylic acids is 1. The van der Waals surface area contributed by atoms with Crippen LogP contribution in [0.4, 0.5) is 0 Å². The molecule has 0 amide bonds. The van der Waals surface area contributed by atoms with Gasteiger partial charge < -0.3 is 5.11 Å². The average Bonchev–Trinajstić information content (AvgIpc) is 2.47. The van der Waals surface area contributed by atoms with E-state index < -0.39 is 0 Å². The molecule has 3 heteroatoms. The minimum Gasteiger partial charge on any atom is -0.508 e. The number of hydrogen-bond acceptors (Lipinski definition) is 2. The smallest absolute Gasteiger partial charge is 0.185 e. The number of aromatic hydroxyl groups is 1. The van der Waals surface area contributed by atoms with Crippen molar-refractivity contribution in [3.63, 3.8) is 0 Å². The van der Waals surface area contributed by atoms with Crippen LogP contribution in [0, 0.1) is 6.92 Å². The lowest BCUT2D eigenvalue weighted by atomic mass is 10.0. The van der Waals surface area contributed by atoms with Gasteiger partial charge in [-0.2, -0.15) is 0 Å². The van der Waals surface area contributed by atoms with Crippen molar-refractivity contribution in [1.29, 1.82) is 0 Å². The molecule has 0 radical (unpaired) electrons. The molecule has 0 aliphatic rings. The second-order valence-electron chi connectivity index (χ2n) is 4.89. The van der Waals surface area contributed by atoms with Crippen LogP contribution >= 0.6 is 11.6 Å². The van der Waals surface area contributed by atoms with Gasteiger partial charge in [-0.1, -0.05) is 35.9 Å². The molecule has 0 saturated carbocycles. The Morgan fingerprint density at radius 2 is 2.05 bits per heavy atom. The van der Waals surface area contributed by atoms with E-state index in [0.717, 1.165) is 11.1 Å². The normalized spacial score (nSPS) is 11.0. The fourth-order valence-corrected chi connectivity index (χ4v) is 2.29. The molecule has 0 spiro atoms. The van der Waals surface area contributed by atoms with Crippen molar-refractivity contribution >= 4 is 23.5 Å².